The fourth-order valence-electron chi connectivity index (χ4n) is 3.44. The smallest absolute Gasteiger partial charge is 0.387 e. The number of carboxylic acids is 1. The maximum Gasteiger partial charge on any atom is 0.387 e. The highest BCUT2D eigenvalue weighted by Crippen LogP contribution is 2.30. The summed E-state index contributed by atoms with van der Waals surface area (Å²) >= 11 is 0. The van der Waals surface area contributed by atoms with E-state index in [-0.39, 0.29) is 30.0 Å². The molecular weight excluding hydrogens is 438 g/mol. The highest BCUT2D eigenvalue weighted by molar-refractivity contribution is 6.05. The zero-order valence-corrected chi connectivity index (χ0v) is 17.8. The summed E-state index contributed by atoms with van der Waals surface area (Å²) in [5.41, 5.74) is 1.60. The number of amides is 1. The van der Waals surface area contributed by atoms with Gasteiger partial charge in [0.05, 0.1) is 17.9 Å². The standard InChI is InChI=1S/C23H22F2N2O6/c1-12(22(31)32)11-26-20(29)10-17-13(2)27(19-8-5-15(28)9-18(17)19)21(30)14-3-6-16(7-4-14)33-23(24)25/h3-9,12,23,28H,10-11H2,1-2H3,(H,26,29)(H,31,32). The number of ether oxygens (including phenoxy) is 1. The normalized spacial score (nSPS) is 12.0. The van der Waals surface area contributed by atoms with Gasteiger partial charge in [-0.05, 0) is 55.0 Å². The Morgan fingerprint density at radius 1 is 1.12 bits per heavy atom. The summed E-state index contributed by atoms with van der Waals surface area (Å²) in [6, 6.07) is 9.60. The van der Waals surface area contributed by atoms with E-state index in [4.69, 9.17) is 5.11 Å². The van der Waals surface area contributed by atoms with Crippen molar-refractivity contribution < 1.29 is 38.1 Å². The average Bonchev–Trinajstić information content (AvgIpc) is 3.02. The molecule has 2 aromatic carbocycles. The Morgan fingerprint density at radius 3 is 2.39 bits per heavy atom. The predicted molar refractivity (Wildman–Crippen MR) is 115 cm³/mol. The molecule has 3 rings (SSSR count). The summed E-state index contributed by atoms with van der Waals surface area (Å²) in [5, 5.41) is 22.0. The van der Waals surface area contributed by atoms with Gasteiger partial charge in [-0.3, -0.25) is 19.0 Å². The number of nitrogens with zero attached hydrogens (tertiary/aromatic N) is 1. The van der Waals surface area contributed by atoms with Crippen LogP contribution in [-0.4, -0.2) is 45.7 Å². The molecule has 0 fully saturated rings. The van der Waals surface area contributed by atoms with Crippen molar-refractivity contribution in [3.05, 3.63) is 59.3 Å². The van der Waals surface area contributed by atoms with E-state index in [1.54, 1.807) is 6.92 Å². The second kappa shape index (κ2) is 9.68. The van der Waals surface area contributed by atoms with Crippen LogP contribution >= 0.6 is 0 Å². The zero-order chi connectivity index (χ0) is 24.3. The first kappa shape index (κ1) is 23.7. The van der Waals surface area contributed by atoms with Gasteiger partial charge in [-0.1, -0.05) is 6.92 Å². The van der Waals surface area contributed by atoms with E-state index in [0.29, 0.717) is 22.2 Å². The molecule has 0 aliphatic heterocycles. The van der Waals surface area contributed by atoms with E-state index in [1.165, 1.54) is 54.0 Å². The fraction of sp³-hybridized carbons (Fsp3) is 0.261. The number of phenolic OH excluding ortho intramolecular Hbond substituents is 1. The summed E-state index contributed by atoms with van der Waals surface area (Å²) in [7, 11) is 0. The third-order valence-corrected chi connectivity index (χ3v) is 5.21. The molecule has 1 aromatic heterocycles. The van der Waals surface area contributed by atoms with Gasteiger partial charge in [0.1, 0.15) is 11.5 Å². The lowest BCUT2D eigenvalue weighted by atomic mass is 10.1. The van der Waals surface area contributed by atoms with Crippen LogP contribution in [0.2, 0.25) is 0 Å². The largest absolute Gasteiger partial charge is 0.508 e. The van der Waals surface area contributed by atoms with Crippen LogP contribution in [-0.2, 0) is 16.0 Å². The Bertz CT molecular complexity index is 1200. The van der Waals surface area contributed by atoms with Crippen molar-refractivity contribution in [2.75, 3.05) is 6.54 Å². The van der Waals surface area contributed by atoms with Gasteiger partial charge in [-0.2, -0.15) is 8.78 Å². The van der Waals surface area contributed by atoms with E-state index < -0.39 is 30.3 Å². The molecule has 174 valence electrons. The van der Waals surface area contributed by atoms with Gasteiger partial charge in [0.2, 0.25) is 5.91 Å². The molecule has 0 spiro atoms. The second-order valence-electron chi connectivity index (χ2n) is 7.53. The molecule has 0 aliphatic carbocycles. The zero-order valence-electron chi connectivity index (χ0n) is 17.8. The molecular formula is C23H22F2N2O6. The van der Waals surface area contributed by atoms with Crippen LogP contribution in [0.3, 0.4) is 0 Å². The monoisotopic (exact) mass is 460 g/mol. The first-order valence-corrected chi connectivity index (χ1v) is 10.0. The first-order valence-electron chi connectivity index (χ1n) is 10.0. The van der Waals surface area contributed by atoms with E-state index >= 15 is 0 Å². The number of carbonyl (C=O) groups excluding carboxylic acids is 2. The van der Waals surface area contributed by atoms with Gasteiger partial charge in [0.15, 0.2) is 0 Å². The number of aromatic hydroxyl groups is 1. The molecule has 10 heteroatoms. The van der Waals surface area contributed by atoms with Gasteiger partial charge >= 0.3 is 12.6 Å². The minimum absolute atomic E-state index is 0.0525. The Kier molecular flexibility index (Phi) is 6.95. The molecule has 3 N–H and O–H groups in total. The summed E-state index contributed by atoms with van der Waals surface area (Å²) in [6.07, 6.45) is -0.139. The van der Waals surface area contributed by atoms with Crippen molar-refractivity contribution in [2.24, 2.45) is 5.92 Å². The third-order valence-electron chi connectivity index (χ3n) is 5.21. The molecule has 0 aliphatic rings. The number of carboxylic acid groups (broad SMARTS) is 1. The number of aliphatic carboxylic acids is 1. The van der Waals surface area contributed by atoms with Crippen molar-refractivity contribution >= 4 is 28.7 Å². The van der Waals surface area contributed by atoms with Crippen molar-refractivity contribution in [1.82, 2.24) is 9.88 Å². The number of alkyl halides is 2. The molecule has 1 unspecified atom stereocenters. The Labute approximate surface area is 187 Å². The highest BCUT2D eigenvalue weighted by atomic mass is 19.3. The molecule has 33 heavy (non-hydrogen) atoms. The molecule has 0 saturated heterocycles. The van der Waals surface area contributed by atoms with Crippen molar-refractivity contribution in [2.45, 2.75) is 26.9 Å². The van der Waals surface area contributed by atoms with Crippen LogP contribution in [0.5, 0.6) is 11.5 Å². The van der Waals surface area contributed by atoms with Gasteiger partial charge < -0.3 is 20.3 Å². The van der Waals surface area contributed by atoms with Crippen LogP contribution in [0.4, 0.5) is 8.78 Å². The minimum atomic E-state index is -2.98. The molecule has 8 nitrogen and oxygen atoms in total. The third kappa shape index (κ3) is 5.28. The number of rotatable bonds is 8. The van der Waals surface area contributed by atoms with Gasteiger partial charge in [-0.15, -0.1) is 0 Å². The summed E-state index contributed by atoms with van der Waals surface area (Å²) in [4.78, 5) is 36.7. The summed E-state index contributed by atoms with van der Waals surface area (Å²) in [5.74, 6) is -2.84. The van der Waals surface area contributed by atoms with Gasteiger partial charge in [0.25, 0.3) is 5.91 Å². The number of nitrogens with one attached hydrogen (secondary N) is 1. The molecule has 0 radical (unpaired) electrons. The van der Waals surface area contributed by atoms with E-state index in [2.05, 4.69) is 10.1 Å². The number of aromatic nitrogens is 1. The number of phenols is 1. The second-order valence-corrected chi connectivity index (χ2v) is 7.53. The fourth-order valence-corrected chi connectivity index (χ4v) is 3.44. The number of halogens is 2. The lowest BCUT2D eigenvalue weighted by molar-refractivity contribution is -0.141. The Morgan fingerprint density at radius 2 is 1.79 bits per heavy atom. The Balaban J connectivity index is 1.95. The van der Waals surface area contributed by atoms with Gasteiger partial charge in [-0.25, -0.2) is 0 Å². The average molecular weight is 460 g/mol. The molecule has 1 atom stereocenters. The molecule has 0 bridgehead atoms. The molecule has 0 saturated carbocycles. The van der Waals surface area contributed by atoms with Crippen molar-refractivity contribution in [3.63, 3.8) is 0 Å². The summed E-state index contributed by atoms with van der Waals surface area (Å²) in [6.45, 7) is 0.0742. The topological polar surface area (TPSA) is 118 Å². The van der Waals surface area contributed by atoms with E-state index in [1.807, 2.05) is 0 Å². The number of fused-ring (bicyclic) bond motifs is 1. The van der Waals surface area contributed by atoms with Crippen LogP contribution in [0.15, 0.2) is 42.5 Å². The van der Waals surface area contributed by atoms with Gasteiger partial charge in [0, 0.05) is 23.2 Å². The highest BCUT2D eigenvalue weighted by Gasteiger charge is 2.22. The van der Waals surface area contributed by atoms with Crippen LogP contribution in [0, 0.1) is 12.8 Å². The first-order chi connectivity index (χ1) is 15.6. The molecule has 1 amide bonds. The van der Waals surface area contributed by atoms with Crippen molar-refractivity contribution in [3.8, 4) is 11.5 Å². The quantitative estimate of drug-likeness (QED) is 0.475. The number of hydrogen-bond donors (Lipinski definition) is 3. The molecule has 3 aromatic rings. The van der Waals surface area contributed by atoms with E-state index in [0.717, 1.165) is 0 Å². The number of carbonyl (C=O) groups is 3. The summed E-state index contributed by atoms with van der Waals surface area (Å²) < 4.78 is 30.4. The number of benzene rings is 2. The van der Waals surface area contributed by atoms with E-state index in [9.17, 15) is 28.3 Å². The lowest BCUT2D eigenvalue weighted by Crippen LogP contribution is -2.32. The lowest BCUT2D eigenvalue weighted by Gasteiger charge is -2.10. The van der Waals surface area contributed by atoms with Crippen LogP contribution in [0.1, 0.15) is 28.5 Å². The molecule has 1 heterocycles. The van der Waals surface area contributed by atoms with Crippen LogP contribution in [0.25, 0.3) is 10.9 Å². The maximum absolute atomic E-state index is 13.2. The number of hydrogen-bond acceptors (Lipinski definition) is 5. The predicted octanol–water partition coefficient (Wildman–Crippen LogP) is 3.32. The van der Waals surface area contributed by atoms with Crippen molar-refractivity contribution in [1.29, 1.82) is 0 Å². The maximum atomic E-state index is 13.2. The van der Waals surface area contributed by atoms with Crippen LogP contribution < -0.4 is 10.1 Å². The Hall–Kier alpha value is -3.95. The minimum Gasteiger partial charge on any atom is -0.508 e. The SMILES string of the molecule is Cc1c(CC(=O)NCC(C)C(=O)O)c2cc(O)ccc2n1C(=O)c1ccc(OC(F)F)cc1.